The summed E-state index contributed by atoms with van der Waals surface area (Å²) in [4.78, 5) is -0.734. The largest absolute Gasteiger partial charge is 0.365 e. The van der Waals surface area contributed by atoms with E-state index in [4.69, 9.17) is 16.7 Å². The number of primary sulfonamides is 1. The minimum absolute atomic E-state index is 0.164. The third kappa shape index (κ3) is 3.46. The molecule has 0 aliphatic carbocycles. The van der Waals surface area contributed by atoms with Gasteiger partial charge in [-0.3, -0.25) is 0 Å². The Bertz CT molecular complexity index is 1000. The summed E-state index contributed by atoms with van der Waals surface area (Å²) in [6.07, 6.45) is 0.389. The average molecular weight is 438 g/mol. The fourth-order valence-corrected chi connectivity index (χ4v) is 7.00. The molecule has 1 fully saturated rings. The maximum Gasteiger partial charge on any atom is 0.244 e. The first kappa shape index (κ1) is 20.8. The molecule has 2 heterocycles. The molecule has 0 amide bonds. The lowest BCUT2D eigenvalue weighted by Gasteiger charge is -2.56. The van der Waals surface area contributed by atoms with Crippen LogP contribution in [0.25, 0.3) is 0 Å². The zero-order valence-corrected chi connectivity index (χ0v) is 17.7. The second kappa shape index (κ2) is 5.78. The summed E-state index contributed by atoms with van der Waals surface area (Å²) in [6, 6.07) is 2.18. The van der Waals surface area contributed by atoms with Crippen molar-refractivity contribution in [3.63, 3.8) is 0 Å². The van der Waals surface area contributed by atoms with Crippen LogP contribution >= 0.6 is 11.6 Å². The zero-order chi connectivity index (χ0) is 20.6. The van der Waals surface area contributed by atoms with E-state index in [1.54, 1.807) is 27.7 Å². The molecule has 1 radical (unpaired) electrons. The van der Waals surface area contributed by atoms with E-state index >= 15 is 0 Å². The molecule has 1 aromatic carbocycles. The van der Waals surface area contributed by atoms with Gasteiger partial charge in [-0.2, -0.15) is 4.72 Å². The molecule has 2 aliphatic heterocycles. The predicted molar refractivity (Wildman–Crippen MR) is 99.4 cm³/mol. The molecule has 9 nitrogen and oxygen atoms in total. The molecule has 2 aliphatic rings. The smallest absolute Gasteiger partial charge is 0.244 e. The van der Waals surface area contributed by atoms with Crippen molar-refractivity contribution in [2.24, 2.45) is 5.14 Å². The molecule has 0 atom stereocenters. The number of rotatable bonds is 1. The Morgan fingerprint density at radius 2 is 1.67 bits per heavy atom. The van der Waals surface area contributed by atoms with Crippen LogP contribution < -0.4 is 15.2 Å². The average Bonchev–Trinajstić information content (AvgIpc) is 2.40. The van der Waals surface area contributed by atoms with Crippen molar-refractivity contribution in [2.75, 3.05) is 5.32 Å². The number of halogens is 1. The molecule has 0 aromatic heterocycles. The molecule has 1 saturated heterocycles. The highest BCUT2D eigenvalue weighted by atomic mass is 35.5. The van der Waals surface area contributed by atoms with Gasteiger partial charge in [0.15, 0.2) is 0 Å². The van der Waals surface area contributed by atoms with E-state index < -0.39 is 41.7 Å². The van der Waals surface area contributed by atoms with Gasteiger partial charge in [-0.05, 0) is 39.8 Å². The van der Waals surface area contributed by atoms with Crippen molar-refractivity contribution in [3.05, 3.63) is 17.2 Å². The van der Waals surface area contributed by atoms with Crippen LogP contribution in [0.1, 0.15) is 40.5 Å². The molecule has 151 valence electrons. The van der Waals surface area contributed by atoms with E-state index in [-0.39, 0.29) is 28.4 Å². The van der Waals surface area contributed by atoms with Gasteiger partial charge in [0.25, 0.3) is 0 Å². The Balaban J connectivity index is 2.17. The van der Waals surface area contributed by atoms with Crippen LogP contribution in [0, 0.1) is 0 Å². The summed E-state index contributed by atoms with van der Waals surface area (Å²) < 4.78 is 51.8. The first-order chi connectivity index (χ1) is 12.0. The number of anilines is 1. The maximum atomic E-state index is 12.9. The lowest BCUT2D eigenvalue weighted by Crippen LogP contribution is -2.71. The number of nitrogens with two attached hydrogens (primary N) is 1. The monoisotopic (exact) mass is 437 g/mol. The van der Waals surface area contributed by atoms with Crippen LogP contribution in [0.15, 0.2) is 21.9 Å². The number of nitrogens with zero attached hydrogens (tertiary/aromatic N) is 1. The number of hydrogen-bond donors (Lipinski definition) is 3. The van der Waals surface area contributed by atoms with Crippen LogP contribution in [0.5, 0.6) is 0 Å². The van der Waals surface area contributed by atoms with Crippen molar-refractivity contribution in [1.82, 2.24) is 9.79 Å². The highest BCUT2D eigenvalue weighted by Gasteiger charge is 2.56. The van der Waals surface area contributed by atoms with Gasteiger partial charge < -0.3 is 5.32 Å². The summed E-state index contributed by atoms with van der Waals surface area (Å²) in [6.45, 7) is 6.97. The van der Waals surface area contributed by atoms with Crippen molar-refractivity contribution >= 4 is 37.3 Å². The second-order valence-corrected chi connectivity index (χ2v) is 12.0. The summed E-state index contributed by atoms with van der Waals surface area (Å²) in [5.41, 5.74) is -2.65. The highest BCUT2D eigenvalue weighted by molar-refractivity contribution is 7.90. The number of piperidine rings is 1. The standard InChI is InChI=1S/C15H22ClN4O5S2/c1-13(2)7-15(8-14(3,4)20(13)21)18-10-5-9(16)11(26(17,22)23)6-12(10)27(24,25)19-15/h5-6,18-19H,7-8H2,1-4H3,(H2,17,22,23). The molecular weight excluding hydrogens is 416 g/mol. The predicted octanol–water partition coefficient (Wildman–Crippen LogP) is 1.39. The molecule has 3 rings (SSSR count). The SMILES string of the molecule is CC1(C)CC2(CC(C)(C)N1[O])Nc1cc(Cl)c(S(N)(=O)=O)cc1S(=O)(=O)N2. The maximum absolute atomic E-state index is 12.9. The zero-order valence-electron chi connectivity index (χ0n) is 15.3. The van der Waals surface area contributed by atoms with E-state index in [1.165, 1.54) is 6.07 Å². The summed E-state index contributed by atoms with van der Waals surface area (Å²) in [7, 11) is -8.27. The highest BCUT2D eigenvalue weighted by Crippen LogP contribution is 2.46. The van der Waals surface area contributed by atoms with Crippen LogP contribution in [0.3, 0.4) is 0 Å². The fourth-order valence-electron chi connectivity index (χ4n) is 4.33. The van der Waals surface area contributed by atoms with Crippen LogP contribution in [-0.2, 0) is 25.3 Å². The van der Waals surface area contributed by atoms with Gasteiger partial charge >= 0.3 is 0 Å². The van der Waals surface area contributed by atoms with E-state index in [9.17, 15) is 22.0 Å². The number of benzene rings is 1. The van der Waals surface area contributed by atoms with Gasteiger partial charge in [0.05, 0.1) is 10.7 Å². The fraction of sp³-hybridized carbons (Fsp3) is 0.600. The number of hydroxylamine groups is 2. The van der Waals surface area contributed by atoms with E-state index in [1.807, 2.05) is 0 Å². The van der Waals surface area contributed by atoms with Gasteiger partial charge in [0.2, 0.25) is 20.0 Å². The summed E-state index contributed by atoms with van der Waals surface area (Å²) >= 11 is 6.03. The van der Waals surface area contributed by atoms with Gasteiger partial charge in [0, 0.05) is 23.9 Å². The topological polar surface area (TPSA) is 141 Å². The third-order valence-corrected chi connectivity index (χ3v) is 7.85. The van der Waals surface area contributed by atoms with E-state index in [0.717, 1.165) is 11.1 Å². The minimum Gasteiger partial charge on any atom is -0.365 e. The Morgan fingerprint density at radius 3 is 2.15 bits per heavy atom. The molecular formula is C15H22ClN4O5S2. The lowest BCUT2D eigenvalue weighted by atomic mass is 9.75. The summed E-state index contributed by atoms with van der Waals surface area (Å²) in [5, 5.41) is 21.7. The van der Waals surface area contributed by atoms with Crippen molar-refractivity contribution in [1.29, 1.82) is 0 Å². The molecule has 27 heavy (non-hydrogen) atoms. The molecule has 1 aromatic rings. The third-order valence-electron chi connectivity index (χ3n) is 4.90. The van der Waals surface area contributed by atoms with E-state index in [2.05, 4.69) is 10.0 Å². The van der Waals surface area contributed by atoms with Crippen molar-refractivity contribution in [2.45, 2.75) is 67.1 Å². The number of hydrogen-bond acceptors (Lipinski definition) is 6. The number of nitrogens with one attached hydrogen (secondary N) is 2. The Labute approximate surface area is 163 Å². The Hall–Kier alpha value is -0.950. The van der Waals surface area contributed by atoms with Crippen LogP contribution in [-0.4, -0.2) is 38.6 Å². The van der Waals surface area contributed by atoms with Crippen LogP contribution in [0.4, 0.5) is 5.69 Å². The normalized spacial score (nSPS) is 25.6. The van der Waals surface area contributed by atoms with Gasteiger partial charge in [-0.15, -0.1) is 10.3 Å². The van der Waals surface area contributed by atoms with Gasteiger partial charge in [0.1, 0.15) is 15.5 Å². The lowest BCUT2D eigenvalue weighted by molar-refractivity contribution is -0.295. The van der Waals surface area contributed by atoms with E-state index in [0.29, 0.717) is 0 Å². The molecule has 12 heteroatoms. The molecule has 0 unspecified atom stereocenters. The second-order valence-electron chi connectivity index (χ2n) is 8.41. The molecule has 0 bridgehead atoms. The van der Waals surface area contributed by atoms with Gasteiger partial charge in [-0.1, -0.05) is 11.6 Å². The molecule has 0 saturated carbocycles. The Morgan fingerprint density at radius 1 is 1.15 bits per heavy atom. The van der Waals surface area contributed by atoms with Crippen molar-refractivity contribution < 1.29 is 22.0 Å². The van der Waals surface area contributed by atoms with Gasteiger partial charge in [-0.25, -0.2) is 22.0 Å². The number of fused-ring (bicyclic) bond motifs is 1. The van der Waals surface area contributed by atoms with Crippen LogP contribution in [0.2, 0.25) is 5.02 Å². The molecule has 1 spiro atoms. The first-order valence-electron chi connectivity index (χ1n) is 8.15. The quantitative estimate of drug-likeness (QED) is 0.606. The Kier molecular flexibility index (Phi) is 4.45. The first-order valence-corrected chi connectivity index (χ1v) is 11.6. The molecule has 4 N–H and O–H groups in total. The van der Waals surface area contributed by atoms with Crippen molar-refractivity contribution in [3.8, 4) is 0 Å². The number of sulfonamides is 2. The minimum atomic E-state index is -4.19. The summed E-state index contributed by atoms with van der Waals surface area (Å²) in [5.74, 6) is 0.